The molecule has 3 aromatic heterocycles. The van der Waals surface area contributed by atoms with Gasteiger partial charge in [0, 0.05) is 53.3 Å². The predicted octanol–water partition coefficient (Wildman–Crippen LogP) is 4.02. The quantitative estimate of drug-likeness (QED) is 0.189. The molecular weight excluding hydrogens is 569 g/mol. The van der Waals surface area contributed by atoms with Crippen LogP contribution in [-0.4, -0.2) is 30.7 Å². The average Bonchev–Trinajstić information content (AvgIpc) is 3.53. The number of hydrogen-bond donors (Lipinski definition) is 1. The molecule has 0 atom stereocenters. The number of aromatic nitrogens is 5. The van der Waals surface area contributed by atoms with E-state index in [0.29, 0.717) is 33.6 Å². The second kappa shape index (κ2) is 8.98. The van der Waals surface area contributed by atoms with Gasteiger partial charge in [0.2, 0.25) is 0 Å². The van der Waals surface area contributed by atoms with Gasteiger partial charge in [-0.15, -0.1) is 0 Å². The van der Waals surface area contributed by atoms with E-state index in [1.54, 1.807) is 18.5 Å². The highest BCUT2D eigenvalue weighted by molar-refractivity contribution is 14.1. The monoisotopic (exact) mass is 589 g/mol. The molecule has 0 radical (unpaired) electrons. The first kappa shape index (κ1) is 22.6. The van der Waals surface area contributed by atoms with E-state index in [9.17, 15) is 9.59 Å². The minimum atomic E-state index is -1.21. The molecule has 0 unspecified atom stereocenters. The van der Waals surface area contributed by atoms with Gasteiger partial charge in [-0.2, -0.15) is 5.10 Å². The molecule has 1 aliphatic rings. The normalized spacial score (nSPS) is 14.0. The van der Waals surface area contributed by atoms with E-state index in [1.165, 1.54) is 10.6 Å². The molecule has 1 aliphatic carbocycles. The number of fused-ring (bicyclic) bond motifs is 2. The molecule has 178 valence electrons. The maximum atomic E-state index is 13.8. The third-order valence-corrected chi connectivity index (χ3v) is 7.09. The third kappa shape index (κ3) is 3.89. The fraction of sp³-hybridized carbons (Fsp3) is 0.148. The van der Waals surface area contributed by atoms with Crippen LogP contribution in [0.1, 0.15) is 16.7 Å². The molecule has 5 aromatic rings. The van der Waals surface area contributed by atoms with Gasteiger partial charge in [0.1, 0.15) is 6.61 Å². The number of esters is 1. The van der Waals surface area contributed by atoms with E-state index in [0.717, 1.165) is 22.1 Å². The van der Waals surface area contributed by atoms with Crippen molar-refractivity contribution < 1.29 is 9.53 Å². The first-order valence-corrected chi connectivity index (χ1v) is 12.5. The van der Waals surface area contributed by atoms with Crippen LogP contribution in [0, 0.1) is 3.83 Å². The van der Waals surface area contributed by atoms with E-state index >= 15 is 0 Å². The smallest absolute Gasteiger partial charge is 0.333 e. The molecule has 0 amide bonds. The van der Waals surface area contributed by atoms with Crippen LogP contribution in [0.5, 0.6) is 0 Å². The Morgan fingerprint density at radius 3 is 2.47 bits per heavy atom. The van der Waals surface area contributed by atoms with Gasteiger partial charge in [-0.1, -0.05) is 54.6 Å². The van der Waals surface area contributed by atoms with E-state index in [4.69, 9.17) is 4.74 Å². The highest BCUT2D eigenvalue weighted by Gasteiger charge is 2.47. The number of nitrogens with one attached hydrogen (secondary N) is 1. The van der Waals surface area contributed by atoms with Crippen LogP contribution in [0.3, 0.4) is 0 Å². The van der Waals surface area contributed by atoms with Crippen LogP contribution in [0.2, 0.25) is 0 Å². The molecule has 9 heteroatoms. The summed E-state index contributed by atoms with van der Waals surface area (Å²) in [5, 5.41) is 7.70. The minimum absolute atomic E-state index is 0.131. The Labute approximate surface area is 219 Å². The lowest BCUT2D eigenvalue weighted by Crippen LogP contribution is -2.49. The van der Waals surface area contributed by atoms with Gasteiger partial charge < -0.3 is 4.74 Å². The van der Waals surface area contributed by atoms with Crippen LogP contribution >= 0.6 is 22.6 Å². The van der Waals surface area contributed by atoms with Crippen molar-refractivity contribution in [2.75, 3.05) is 0 Å². The summed E-state index contributed by atoms with van der Waals surface area (Å²) in [5.41, 5.74) is 3.38. The molecule has 6 rings (SSSR count). The van der Waals surface area contributed by atoms with Crippen molar-refractivity contribution in [2.24, 2.45) is 0 Å². The number of halogens is 1. The first-order valence-electron chi connectivity index (χ1n) is 11.4. The van der Waals surface area contributed by atoms with Crippen molar-refractivity contribution in [1.29, 1.82) is 0 Å². The number of rotatable bonds is 5. The minimum Gasteiger partial charge on any atom is -0.459 e. The zero-order valence-electron chi connectivity index (χ0n) is 19.0. The van der Waals surface area contributed by atoms with E-state index < -0.39 is 11.5 Å². The number of H-pyrrole nitrogens is 1. The number of aromatic amines is 1. The summed E-state index contributed by atoms with van der Waals surface area (Å²) in [4.78, 5) is 36.1. The Hall–Kier alpha value is -3.86. The highest BCUT2D eigenvalue weighted by atomic mass is 127. The van der Waals surface area contributed by atoms with Crippen molar-refractivity contribution in [3.63, 3.8) is 0 Å². The molecule has 2 aromatic carbocycles. The Balaban J connectivity index is 1.46. The Morgan fingerprint density at radius 2 is 1.72 bits per heavy atom. The number of ether oxygens (including phenoxy) is 1. The number of carbonyl (C=O) groups excluding carboxylic acids is 1. The number of benzene rings is 2. The zero-order valence-corrected chi connectivity index (χ0v) is 21.2. The topological polar surface area (TPSA) is 103 Å². The van der Waals surface area contributed by atoms with Gasteiger partial charge in [-0.25, -0.2) is 14.8 Å². The Bertz CT molecular complexity index is 1640. The third-order valence-electron chi connectivity index (χ3n) is 6.61. The first-order chi connectivity index (χ1) is 17.5. The predicted molar refractivity (Wildman–Crippen MR) is 142 cm³/mol. The standard InChI is InChI=1S/C27H20IN5O3/c28-26-30-23(21-14-29-32-24(21)31-26)20-10-11-22(34)33(15-20)27(12-18-8-4-5-9-19(18)13-27)25(35)36-16-17-6-2-1-3-7-17/h1-11,14-15H,12-13,16H2,(H,29,30,31,32). The summed E-state index contributed by atoms with van der Waals surface area (Å²) >= 11 is 2.05. The maximum Gasteiger partial charge on any atom is 0.333 e. The van der Waals surface area contributed by atoms with Gasteiger partial charge in [0.25, 0.3) is 5.56 Å². The summed E-state index contributed by atoms with van der Waals surface area (Å²) in [6.45, 7) is 0.131. The summed E-state index contributed by atoms with van der Waals surface area (Å²) < 4.78 is 7.91. The zero-order chi connectivity index (χ0) is 24.7. The van der Waals surface area contributed by atoms with Crippen LogP contribution in [0.15, 0.2) is 83.9 Å². The van der Waals surface area contributed by atoms with Crippen molar-refractivity contribution in [3.8, 4) is 11.3 Å². The van der Waals surface area contributed by atoms with Gasteiger partial charge in [0.15, 0.2) is 15.0 Å². The van der Waals surface area contributed by atoms with Crippen LogP contribution < -0.4 is 5.56 Å². The lowest BCUT2D eigenvalue weighted by Gasteiger charge is -2.29. The molecule has 3 heterocycles. The van der Waals surface area contributed by atoms with Crippen molar-refractivity contribution >= 4 is 39.6 Å². The van der Waals surface area contributed by atoms with Gasteiger partial charge in [-0.3, -0.25) is 14.5 Å². The molecule has 8 nitrogen and oxygen atoms in total. The van der Waals surface area contributed by atoms with Gasteiger partial charge >= 0.3 is 5.97 Å². The van der Waals surface area contributed by atoms with Gasteiger partial charge in [-0.05, 0) is 22.8 Å². The molecule has 1 N–H and O–H groups in total. The maximum absolute atomic E-state index is 13.8. The van der Waals surface area contributed by atoms with E-state index in [-0.39, 0.29) is 12.2 Å². The average molecular weight is 589 g/mol. The Morgan fingerprint density at radius 1 is 1.00 bits per heavy atom. The van der Waals surface area contributed by atoms with E-state index in [2.05, 4.69) is 20.2 Å². The number of pyridine rings is 1. The lowest BCUT2D eigenvalue weighted by atomic mass is 9.94. The second-order valence-corrected chi connectivity index (χ2v) is 9.78. The van der Waals surface area contributed by atoms with Crippen molar-refractivity contribution in [2.45, 2.75) is 25.0 Å². The SMILES string of the molecule is O=C(OCc1ccccc1)C1(n2cc(-c3nc(I)nc4[nH]ncc34)ccc2=O)Cc2ccccc2C1. The molecular formula is C27H20IN5O3. The molecule has 0 fully saturated rings. The molecule has 0 saturated heterocycles. The molecule has 0 saturated carbocycles. The summed E-state index contributed by atoms with van der Waals surface area (Å²) in [5.74, 6) is -0.437. The Kier molecular flexibility index (Phi) is 5.63. The summed E-state index contributed by atoms with van der Waals surface area (Å²) in [6, 6.07) is 20.6. The summed E-state index contributed by atoms with van der Waals surface area (Å²) in [6.07, 6.45) is 4.10. The van der Waals surface area contributed by atoms with Crippen LogP contribution in [0.25, 0.3) is 22.3 Å². The van der Waals surface area contributed by atoms with E-state index in [1.807, 2.05) is 77.2 Å². The number of nitrogens with zero attached hydrogens (tertiary/aromatic N) is 4. The largest absolute Gasteiger partial charge is 0.459 e. The molecule has 0 spiro atoms. The van der Waals surface area contributed by atoms with Crippen molar-refractivity contribution in [1.82, 2.24) is 24.7 Å². The second-order valence-electron chi connectivity index (χ2n) is 8.82. The van der Waals surface area contributed by atoms with Crippen LogP contribution in [-0.2, 0) is 34.5 Å². The lowest BCUT2D eigenvalue weighted by molar-refractivity contribution is -0.155. The fourth-order valence-corrected chi connectivity index (χ4v) is 5.34. The van der Waals surface area contributed by atoms with Crippen molar-refractivity contribution in [3.05, 3.63) is 110 Å². The highest BCUT2D eigenvalue weighted by Crippen LogP contribution is 2.37. The summed E-state index contributed by atoms with van der Waals surface area (Å²) in [7, 11) is 0. The molecule has 0 bridgehead atoms. The molecule has 36 heavy (non-hydrogen) atoms. The number of carbonyl (C=O) groups is 1. The molecule has 0 aliphatic heterocycles. The number of hydrogen-bond acceptors (Lipinski definition) is 6. The van der Waals surface area contributed by atoms with Gasteiger partial charge in [0.05, 0.1) is 17.3 Å². The van der Waals surface area contributed by atoms with Crippen LogP contribution in [0.4, 0.5) is 0 Å². The fourth-order valence-electron chi connectivity index (χ4n) is 4.85.